The predicted molar refractivity (Wildman–Crippen MR) is 142 cm³/mol. The maximum atomic E-state index is 15.9. The summed E-state index contributed by atoms with van der Waals surface area (Å²) in [7, 11) is 0. The van der Waals surface area contributed by atoms with Crippen LogP contribution in [-0.4, -0.2) is 33.9 Å². The van der Waals surface area contributed by atoms with Crippen molar-refractivity contribution in [2.75, 3.05) is 18.8 Å². The summed E-state index contributed by atoms with van der Waals surface area (Å²) >= 11 is 6.14. The molecule has 3 aromatic rings. The quantitative estimate of drug-likeness (QED) is 0.381. The van der Waals surface area contributed by atoms with Gasteiger partial charge in [0.05, 0.1) is 17.7 Å². The second kappa shape index (κ2) is 9.97. The van der Waals surface area contributed by atoms with Gasteiger partial charge < -0.3 is 10.2 Å². The number of allylic oxidation sites excluding steroid dienone is 4. The number of nitrogen functional groups attached to an aromatic ring is 1. The van der Waals surface area contributed by atoms with E-state index in [9.17, 15) is 5.26 Å². The summed E-state index contributed by atoms with van der Waals surface area (Å²) in [5.74, 6) is -0.822. The zero-order chi connectivity index (χ0) is 27.1. The Bertz CT molecular complexity index is 1420. The number of benzene rings is 2. The Morgan fingerprint density at radius 2 is 1.92 bits per heavy atom. The van der Waals surface area contributed by atoms with Crippen molar-refractivity contribution in [2.24, 2.45) is 11.8 Å². The van der Waals surface area contributed by atoms with Crippen molar-refractivity contribution < 1.29 is 13.2 Å². The molecule has 9 heteroatoms. The fraction of sp³-hybridized carbons (Fsp3) is 0.345. The average Bonchev–Trinajstić information content (AvgIpc) is 3.30. The molecule has 0 saturated carbocycles. The van der Waals surface area contributed by atoms with Crippen LogP contribution in [0.25, 0.3) is 0 Å². The van der Waals surface area contributed by atoms with E-state index in [4.69, 9.17) is 21.8 Å². The fourth-order valence-electron chi connectivity index (χ4n) is 5.81. The number of likely N-dealkylation sites (tertiary alicyclic amines) is 1. The minimum atomic E-state index is -2.05. The highest BCUT2D eigenvalue weighted by Crippen LogP contribution is 2.48. The van der Waals surface area contributed by atoms with Crippen molar-refractivity contribution in [2.45, 2.75) is 37.6 Å². The van der Waals surface area contributed by atoms with Gasteiger partial charge in [0.1, 0.15) is 5.67 Å². The molecule has 1 fully saturated rings. The first-order chi connectivity index (χ1) is 18.1. The third-order valence-corrected chi connectivity index (χ3v) is 7.61. The number of nitrogens with two attached hydrogens (primary N) is 1. The number of nitrogens with zero attached hydrogens (tertiary/aromatic N) is 4. The molecule has 196 valence electrons. The Morgan fingerprint density at radius 3 is 2.55 bits per heavy atom. The number of alkyl halides is 2. The number of aromatic nitrogens is 2. The summed E-state index contributed by atoms with van der Waals surface area (Å²) in [4.78, 5) is 2.25. The first-order valence-corrected chi connectivity index (χ1v) is 12.8. The Hall–Kier alpha value is -3.54. The lowest BCUT2D eigenvalue weighted by molar-refractivity contribution is -0.0133. The van der Waals surface area contributed by atoms with Crippen LogP contribution in [0.4, 0.5) is 14.8 Å². The van der Waals surface area contributed by atoms with E-state index in [2.05, 4.69) is 21.2 Å². The number of hydrogen-bond acceptors (Lipinski definition) is 6. The van der Waals surface area contributed by atoms with Crippen LogP contribution in [0.5, 0.6) is 0 Å². The molecule has 6 nitrogen and oxygen atoms in total. The van der Waals surface area contributed by atoms with Crippen LogP contribution in [0.3, 0.4) is 0 Å². The lowest BCUT2D eigenvalue weighted by atomic mass is 9.68. The van der Waals surface area contributed by atoms with Crippen molar-refractivity contribution in [3.8, 4) is 6.07 Å². The maximum absolute atomic E-state index is 15.9. The van der Waals surface area contributed by atoms with E-state index in [1.54, 1.807) is 18.2 Å². The van der Waals surface area contributed by atoms with E-state index >= 15 is 8.78 Å². The van der Waals surface area contributed by atoms with Crippen LogP contribution in [0.15, 0.2) is 76.7 Å². The standard InChI is InChI=1S/C29H28ClF2N5O/c1-28(2,31)24(21-7-4-12-29(32,14-21)26-35-36-27(34)38-26)22-16-37(17-22)25(19-8-10-23(30)11-9-19)20-6-3-5-18(13-20)15-33/h3-13,22,24-25H,14,16-17H2,1-2H3,(H2,34,36)/t24-,25+,29?/m1/s1. The van der Waals surface area contributed by atoms with Crippen LogP contribution >= 0.6 is 11.6 Å². The van der Waals surface area contributed by atoms with E-state index in [-0.39, 0.29) is 30.3 Å². The van der Waals surface area contributed by atoms with Crippen molar-refractivity contribution in [3.63, 3.8) is 0 Å². The van der Waals surface area contributed by atoms with Crippen LogP contribution in [-0.2, 0) is 5.67 Å². The fourth-order valence-corrected chi connectivity index (χ4v) is 5.94. The monoisotopic (exact) mass is 535 g/mol. The highest BCUT2D eigenvalue weighted by atomic mass is 35.5. The van der Waals surface area contributed by atoms with E-state index in [1.165, 1.54) is 19.9 Å². The molecule has 1 aromatic heterocycles. The Labute approximate surface area is 225 Å². The number of halogens is 3. The zero-order valence-corrected chi connectivity index (χ0v) is 21.9. The number of anilines is 1. The lowest BCUT2D eigenvalue weighted by Gasteiger charge is -2.51. The molecular weight excluding hydrogens is 508 g/mol. The van der Waals surface area contributed by atoms with E-state index in [0.29, 0.717) is 29.2 Å². The minimum Gasteiger partial charge on any atom is -0.404 e. The van der Waals surface area contributed by atoms with Gasteiger partial charge in [-0.2, -0.15) is 5.26 Å². The largest absolute Gasteiger partial charge is 0.404 e. The molecule has 0 bridgehead atoms. The average molecular weight is 536 g/mol. The van der Waals surface area contributed by atoms with Gasteiger partial charge in [0.2, 0.25) is 5.67 Å². The van der Waals surface area contributed by atoms with E-state index < -0.39 is 17.3 Å². The van der Waals surface area contributed by atoms with Gasteiger partial charge in [0.25, 0.3) is 5.89 Å². The summed E-state index contributed by atoms with van der Waals surface area (Å²) in [6.45, 7) is 4.26. The summed E-state index contributed by atoms with van der Waals surface area (Å²) in [6.07, 6.45) is 4.62. The minimum absolute atomic E-state index is 0.0568. The Balaban J connectivity index is 1.41. The predicted octanol–water partition coefficient (Wildman–Crippen LogP) is 6.31. The molecule has 3 atom stereocenters. The molecule has 0 amide bonds. The molecule has 2 aliphatic rings. The summed E-state index contributed by atoms with van der Waals surface area (Å²) in [6, 6.07) is 17.0. The molecular formula is C29H28ClF2N5O. The van der Waals surface area contributed by atoms with Gasteiger partial charge in [-0.25, -0.2) is 8.78 Å². The molecule has 38 heavy (non-hydrogen) atoms. The normalized spacial score (nSPS) is 21.8. The molecule has 2 N–H and O–H groups in total. The van der Waals surface area contributed by atoms with Gasteiger partial charge in [0.15, 0.2) is 0 Å². The third kappa shape index (κ3) is 5.09. The van der Waals surface area contributed by atoms with E-state index in [1.807, 2.05) is 42.5 Å². The third-order valence-electron chi connectivity index (χ3n) is 7.36. The van der Waals surface area contributed by atoms with Crippen LogP contribution in [0, 0.1) is 23.2 Å². The molecule has 1 saturated heterocycles. The van der Waals surface area contributed by atoms with Gasteiger partial charge >= 0.3 is 6.01 Å². The molecule has 1 aliphatic carbocycles. The van der Waals surface area contributed by atoms with Crippen molar-refractivity contribution >= 4 is 17.6 Å². The van der Waals surface area contributed by atoms with Crippen molar-refractivity contribution in [3.05, 3.63) is 99.9 Å². The molecule has 1 unspecified atom stereocenters. The topological polar surface area (TPSA) is 92.0 Å². The molecule has 1 aliphatic heterocycles. The lowest BCUT2D eigenvalue weighted by Crippen LogP contribution is -2.55. The Kier molecular flexibility index (Phi) is 6.84. The molecule has 2 aromatic carbocycles. The van der Waals surface area contributed by atoms with E-state index in [0.717, 1.165) is 11.1 Å². The summed E-state index contributed by atoms with van der Waals surface area (Å²) in [5.41, 5.74) is 5.08. The smallest absolute Gasteiger partial charge is 0.312 e. The van der Waals surface area contributed by atoms with Crippen molar-refractivity contribution in [1.29, 1.82) is 5.26 Å². The van der Waals surface area contributed by atoms with Gasteiger partial charge in [-0.3, -0.25) is 4.90 Å². The second-order valence-corrected chi connectivity index (χ2v) is 11.0. The first-order valence-electron chi connectivity index (χ1n) is 12.4. The second-order valence-electron chi connectivity index (χ2n) is 10.5. The molecule has 0 spiro atoms. The Morgan fingerprint density at radius 1 is 1.18 bits per heavy atom. The molecule has 2 heterocycles. The van der Waals surface area contributed by atoms with Gasteiger partial charge in [0, 0.05) is 30.5 Å². The van der Waals surface area contributed by atoms with Crippen molar-refractivity contribution in [1.82, 2.24) is 15.1 Å². The van der Waals surface area contributed by atoms with Gasteiger partial charge in [-0.1, -0.05) is 58.7 Å². The van der Waals surface area contributed by atoms with Gasteiger partial charge in [-0.05, 0) is 61.2 Å². The molecule has 0 radical (unpaired) electrons. The number of rotatable bonds is 7. The first kappa shape index (κ1) is 26.1. The van der Waals surface area contributed by atoms with Crippen LogP contribution < -0.4 is 5.73 Å². The maximum Gasteiger partial charge on any atom is 0.312 e. The summed E-state index contributed by atoms with van der Waals surface area (Å²) < 4.78 is 36.8. The number of nitriles is 1. The zero-order valence-electron chi connectivity index (χ0n) is 21.1. The van der Waals surface area contributed by atoms with Crippen LogP contribution in [0.1, 0.15) is 48.9 Å². The molecule has 5 rings (SSSR count). The highest BCUT2D eigenvalue weighted by molar-refractivity contribution is 6.30. The summed E-state index contributed by atoms with van der Waals surface area (Å²) in [5, 5.41) is 17.4. The SMILES string of the molecule is CC(C)(F)[C@H](C1=CC=CC(F)(c2nnc(N)o2)C1)C1CN([C@@H](c2ccc(Cl)cc2)c2cccc(C#N)c2)C1. The van der Waals surface area contributed by atoms with Crippen LogP contribution in [0.2, 0.25) is 5.02 Å². The number of hydrogen-bond donors (Lipinski definition) is 1. The highest BCUT2D eigenvalue weighted by Gasteiger charge is 2.49. The van der Waals surface area contributed by atoms with Gasteiger partial charge in [-0.15, -0.1) is 5.10 Å².